The molecule has 0 amide bonds. The fourth-order valence-corrected chi connectivity index (χ4v) is 10.7. The summed E-state index contributed by atoms with van der Waals surface area (Å²) in [5.41, 5.74) is 12.9. The van der Waals surface area contributed by atoms with E-state index < -0.39 is 5.41 Å². The van der Waals surface area contributed by atoms with Crippen LogP contribution in [0.25, 0.3) is 66.4 Å². The summed E-state index contributed by atoms with van der Waals surface area (Å²) < 4.78 is 4.77. The fourth-order valence-electron chi connectivity index (χ4n) is 9.35. The third-order valence-electron chi connectivity index (χ3n) is 11.4. The Morgan fingerprint density at radius 2 is 1.06 bits per heavy atom. The van der Waals surface area contributed by atoms with Gasteiger partial charge < -0.3 is 9.13 Å². The van der Waals surface area contributed by atoms with Gasteiger partial charge in [0.2, 0.25) is 0 Å². The van der Waals surface area contributed by atoms with Gasteiger partial charge >= 0.3 is 0 Å². The molecule has 7 heteroatoms. The van der Waals surface area contributed by atoms with Crippen molar-refractivity contribution in [2.75, 3.05) is 0 Å². The molecule has 0 unspecified atom stereocenters. The molecule has 6 heterocycles. The third-order valence-corrected chi connectivity index (χ3v) is 12.7. The van der Waals surface area contributed by atoms with Crippen molar-refractivity contribution in [1.29, 1.82) is 5.26 Å². The Balaban J connectivity index is 1.25. The first-order valence-electron chi connectivity index (χ1n) is 17.9. The van der Waals surface area contributed by atoms with E-state index >= 15 is 0 Å². The topological polar surface area (TPSA) is 72.3 Å². The van der Waals surface area contributed by atoms with Crippen LogP contribution in [0.2, 0.25) is 0 Å². The largest absolute Gasteiger partial charge is 0.308 e. The van der Waals surface area contributed by atoms with Crippen LogP contribution in [0.1, 0.15) is 27.8 Å². The van der Waals surface area contributed by atoms with Gasteiger partial charge in [0.1, 0.15) is 0 Å². The van der Waals surface area contributed by atoms with Crippen LogP contribution in [0.5, 0.6) is 0 Å². The molecule has 12 rings (SSSR count). The monoisotopic (exact) mass is 706 g/mol. The van der Waals surface area contributed by atoms with Crippen LogP contribution in [-0.2, 0) is 5.41 Å². The van der Waals surface area contributed by atoms with Gasteiger partial charge in [-0.05, 0) is 82.9 Å². The first-order valence-corrected chi connectivity index (χ1v) is 18.7. The van der Waals surface area contributed by atoms with Crippen molar-refractivity contribution in [1.82, 2.24) is 24.1 Å². The number of para-hydroxylation sites is 2. The molecule has 0 radical (unpaired) electrons. The van der Waals surface area contributed by atoms with E-state index in [-0.39, 0.29) is 0 Å². The van der Waals surface area contributed by atoms with Crippen LogP contribution in [0.3, 0.4) is 0 Å². The molecule has 250 valence electrons. The maximum absolute atomic E-state index is 9.88. The molecular weight excluding hydrogens is 681 g/mol. The van der Waals surface area contributed by atoms with Crippen molar-refractivity contribution in [2.45, 2.75) is 15.2 Å². The second-order valence-corrected chi connectivity index (χ2v) is 14.9. The summed E-state index contributed by atoms with van der Waals surface area (Å²) in [4.78, 5) is 17.0. The van der Waals surface area contributed by atoms with Crippen LogP contribution in [0, 0.1) is 11.3 Å². The second-order valence-electron chi connectivity index (χ2n) is 13.9. The van der Waals surface area contributed by atoms with Crippen molar-refractivity contribution >= 4 is 55.4 Å². The lowest BCUT2D eigenvalue weighted by atomic mass is 9.67. The zero-order valence-corrected chi connectivity index (χ0v) is 29.4. The number of nitrogens with zero attached hydrogens (tertiary/aromatic N) is 6. The minimum absolute atomic E-state index is 0.646. The normalized spacial score (nSPS) is 13.6. The molecule has 0 N–H and O–H groups in total. The predicted molar refractivity (Wildman–Crippen MR) is 215 cm³/mol. The molecule has 5 aromatic carbocycles. The number of fused-ring (bicyclic) bond motifs is 15. The summed E-state index contributed by atoms with van der Waals surface area (Å²) in [5.74, 6) is 0. The molecule has 0 atom stereocenters. The number of hydrogen-bond acceptors (Lipinski definition) is 5. The highest BCUT2D eigenvalue weighted by atomic mass is 32.2. The number of benzene rings is 5. The summed E-state index contributed by atoms with van der Waals surface area (Å²) >= 11 is 1.83. The average molecular weight is 707 g/mol. The molecule has 5 aromatic heterocycles. The Labute approximate surface area is 313 Å². The highest BCUT2D eigenvalue weighted by Gasteiger charge is 2.52. The smallest absolute Gasteiger partial charge is 0.0991 e. The summed E-state index contributed by atoms with van der Waals surface area (Å²) in [6, 6.07) is 49.7. The lowest BCUT2D eigenvalue weighted by Crippen LogP contribution is -2.33. The number of nitriles is 1. The van der Waals surface area contributed by atoms with Gasteiger partial charge in [0.05, 0.1) is 68.1 Å². The van der Waals surface area contributed by atoms with E-state index in [0.717, 1.165) is 71.6 Å². The summed E-state index contributed by atoms with van der Waals surface area (Å²) in [7, 11) is 0. The Bertz CT molecular complexity index is 3190. The van der Waals surface area contributed by atoms with E-state index in [4.69, 9.17) is 9.97 Å². The minimum Gasteiger partial charge on any atom is -0.308 e. The van der Waals surface area contributed by atoms with Gasteiger partial charge in [-0.2, -0.15) is 5.26 Å². The third kappa shape index (κ3) is 3.62. The molecule has 2 aliphatic rings. The maximum atomic E-state index is 9.88. The van der Waals surface area contributed by atoms with Crippen molar-refractivity contribution in [3.05, 3.63) is 186 Å². The second kappa shape index (κ2) is 10.8. The molecule has 1 spiro atoms. The van der Waals surface area contributed by atoms with E-state index in [1.807, 2.05) is 48.7 Å². The lowest BCUT2D eigenvalue weighted by Gasteiger charge is -2.40. The highest BCUT2D eigenvalue weighted by molar-refractivity contribution is 7.99. The molecule has 0 fully saturated rings. The quantitative estimate of drug-likeness (QED) is 0.179. The zero-order chi connectivity index (χ0) is 35.5. The van der Waals surface area contributed by atoms with Crippen molar-refractivity contribution < 1.29 is 0 Å². The molecule has 6 nitrogen and oxygen atoms in total. The molecule has 1 aliphatic carbocycles. The Morgan fingerprint density at radius 1 is 0.500 bits per heavy atom. The molecule has 0 saturated heterocycles. The molecule has 1 aliphatic heterocycles. The summed E-state index contributed by atoms with van der Waals surface area (Å²) in [5, 5.41) is 14.4. The standard InChI is InChI=1S/C47H26N6S/c48-26-28-19-20-39-32(25-28)30-10-2-4-16-38(30)52(39)40-17-5-11-35-45(40)54-46-36(47(35)33-13-7-22-50-43(33)44-34(47)14-8-23-51-44)12-6-18-41(46)53-37-15-3-1-9-29(37)31-21-24-49-27-42(31)53/h1-25,27H. The zero-order valence-electron chi connectivity index (χ0n) is 28.6. The first-order chi connectivity index (χ1) is 26.8. The van der Waals surface area contributed by atoms with Gasteiger partial charge in [-0.1, -0.05) is 84.6 Å². The highest BCUT2D eigenvalue weighted by Crippen LogP contribution is 2.63. The molecular formula is C47H26N6S. The van der Waals surface area contributed by atoms with Crippen molar-refractivity contribution in [3.63, 3.8) is 0 Å². The van der Waals surface area contributed by atoms with Gasteiger partial charge in [-0.3, -0.25) is 15.0 Å². The van der Waals surface area contributed by atoms with E-state index in [9.17, 15) is 5.26 Å². The first kappa shape index (κ1) is 29.6. The van der Waals surface area contributed by atoms with Gasteiger partial charge in [0.25, 0.3) is 0 Å². The number of aromatic nitrogens is 5. The van der Waals surface area contributed by atoms with Crippen LogP contribution >= 0.6 is 11.8 Å². The van der Waals surface area contributed by atoms with Gasteiger partial charge in [0, 0.05) is 49.9 Å². The Hall–Kier alpha value is -7.01. The van der Waals surface area contributed by atoms with Crippen molar-refractivity contribution in [2.24, 2.45) is 0 Å². The fraction of sp³-hybridized carbons (Fsp3) is 0.0213. The molecule has 0 bridgehead atoms. The summed E-state index contributed by atoms with van der Waals surface area (Å²) in [6.07, 6.45) is 7.62. The molecule has 10 aromatic rings. The minimum atomic E-state index is -0.696. The van der Waals surface area contributed by atoms with Crippen LogP contribution in [0.15, 0.2) is 168 Å². The lowest BCUT2D eigenvalue weighted by molar-refractivity contribution is 0.714. The van der Waals surface area contributed by atoms with E-state index in [1.165, 1.54) is 26.8 Å². The van der Waals surface area contributed by atoms with Crippen LogP contribution in [0.4, 0.5) is 0 Å². The van der Waals surface area contributed by atoms with Crippen LogP contribution in [-0.4, -0.2) is 24.1 Å². The number of rotatable bonds is 2. The van der Waals surface area contributed by atoms with E-state index in [1.54, 1.807) is 0 Å². The number of hydrogen-bond donors (Lipinski definition) is 0. The van der Waals surface area contributed by atoms with E-state index in [2.05, 4.69) is 142 Å². The molecule has 54 heavy (non-hydrogen) atoms. The molecule has 0 saturated carbocycles. The SMILES string of the molecule is N#Cc1ccc2c(c1)c1ccccc1n2-c1cccc2c1Sc1c(-n3c4ccccc4c4ccncc43)cccc1C21c2cccnc2-c2ncccc21. The Morgan fingerprint density at radius 3 is 1.70 bits per heavy atom. The van der Waals surface area contributed by atoms with Crippen molar-refractivity contribution in [3.8, 4) is 28.8 Å². The van der Waals surface area contributed by atoms with Gasteiger partial charge in [-0.15, -0.1) is 0 Å². The average Bonchev–Trinajstić information content (AvgIpc) is 3.85. The van der Waals surface area contributed by atoms with Crippen LogP contribution < -0.4 is 0 Å². The maximum Gasteiger partial charge on any atom is 0.0991 e. The number of pyridine rings is 3. The summed E-state index contributed by atoms with van der Waals surface area (Å²) in [6.45, 7) is 0. The van der Waals surface area contributed by atoms with E-state index in [0.29, 0.717) is 5.56 Å². The van der Waals surface area contributed by atoms with Gasteiger partial charge in [0.15, 0.2) is 0 Å². The van der Waals surface area contributed by atoms with Gasteiger partial charge in [-0.25, -0.2) is 0 Å². The Kier molecular flexibility index (Phi) is 5.89. The predicted octanol–water partition coefficient (Wildman–Crippen LogP) is 10.8.